The second-order valence-corrected chi connectivity index (χ2v) is 13.5. The van der Waals surface area contributed by atoms with E-state index in [0.29, 0.717) is 51.5 Å². The number of aryl methyl sites for hydroxylation is 1. The molecule has 47 heavy (non-hydrogen) atoms. The fourth-order valence-electron chi connectivity index (χ4n) is 7.78. The van der Waals surface area contributed by atoms with Gasteiger partial charge in [-0.3, -0.25) is 14.8 Å². The number of imidazole rings is 1. The first-order valence-electron chi connectivity index (χ1n) is 17.3. The molecule has 2 amide bonds. The summed E-state index contributed by atoms with van der Waals surface area (Å²) in [5, 5.41) is 0. The molecule has 12 nitrogen and oxygen atoms in total. The van der Waals surface area contributed by atoms with Crippen molar-refractivity contribution < 1.29 is 19.8 Å². The Morgan fingerprint density at radius 1 is 0.915 bits per heavy atom. The maximum atomic E-state index is 14.1. The summed E-state index contributed by atoms with van der Waals surface area (Å²) in [6, 6.07) is 14.4. The smallest absolute Gasteiger partial charge is 0.410 e. The molecule has 3 saturated heterocycles. The average molecular weight is 644 g/mol. The highest BCUT2D eigenvalue weighted by atomic mass is 16.6. The van der Waals surface area contributed by atoms with Crippen LogP contribution in [0.4, 0.5) is 16.2 Å². The first-order valence-corrected chi connectivity index (χ1v) is 17.3. The summed E-state index contributed by atoms with van der Waals surface area (Å²) in [5.74, 6) is -0.115. The lowest BCUT2D eigenvalue weighted by molar-refractivity contribution is -0.620. The van der Waals surface area contributed by atoms with Gasteiger partial charge in [-0.15, -0.1) is 0 Å². The number of likely N-dealkylation sites (tertiary alicyclic amines) is 3. The van der Waals surface area contributed by atoms with Crippen molar-refractivity contribution in [2.24, 2.45) is 0 Å². The number of hydrazine groups is 1. The summed E-state index contributed by atoms with van der Waals surface area (Å²) in [5.41, 5.74) is 13.8. The molecule has 4 aliphatic heterocycles. The molecule has 0 bridgehead atoms. The summed E-state index contributed by atoms with van der Waals surface area (Å²) >= 11 is 0. The van der Waals surface area contributed by atoms with Crippen LogP contribution in [-0.2, 0) is 16.0 Å². The number of amides is 2. The van der Waals surface area contributed by atoms with E-state index in [1.54, 1.807) is 9.47 Å². The predicted molar refractivity (Wildman–Crippen MR) is 179 cm³/mol. The van der Waals surface area contributed by atoms with Crippen molar-refractivity contribution in [1.82, 2.24) is 29.8 Å². The molecule has 5 heterocycles. The zero-order chi connectivity index (χ0) is 32.3. The van der Waals surface area contributed by atoms with Gasteiger partial charge in [-0.25, -0.2) is 15.0 Å². The monoisotopic (exact) mass is 643 g/mol. The number of hydrogen-bond donors (Lipinski definition) is 4. The van der Waals surface area contributed by atoms with Crippen LogP contribution in [0, 0.1) is 6.92 Å². The Hall–Kier alpha value is -4.13. The SMILES string of the molecule is Cc1cc(CC(OC(=O)N2CCC(n3cc(-c4ccccc4)[nH]c3=O)CC2)C(=O)N2CCC(N3CCCCC3)CC2)cc2c1NN[NH2+]2. The van der Waals surface area contributed by atoms with Crippen LogP contribution >= 0.6 is 0 Å². The number of quaternary nitrogens is 1. The van der Waals surface area contributed by atoms with Crippen LogP contribution in [-0.4, -0.2) is 87.7 Å². The normalized spacial score (nSPS) is 20.1. The second kappa shape index (κ2) is 13.9. The van der Waals surface area contributed by atoms with E-state index in [2.05, 4.69) is 33.0 Å². The van der Waals surface area contributed by atoms with E-state index in [-0.39, 0.29) is 17.6 Å². The Labute approximate surface area is 275 Å². The van der Waals surface area contributed by atoms with Crippen molar-refractivity contribution in [3.8, 4) is 11.3 Å². The molecule has 250 valence electrons. The van der Waals surface area contributed by atoms with Crippen LogP contribution in [0.25, 0.3) is 11.3 Å². The number of rotatable bonds is 7. The number of carbonyl (C=O) groups is 2. The molecule has 7 rings (SSSR count). The molecule has 5 N–H and O–H groups in total. The van der Waals surface area contributed by atoms with Crippen molar-refractivity contribution in [1.29, 1.82) is 0 Å². The van der Waals surface area contributed by atoms with E-state index >= 15 is 0 Å². The number of aromatic amines is 1. The van der Waals surface area contributed by atoms with Crippen LogP contribution in [0.1, 0.15) is 62.1 Å². The number of H-pyrrole nitrogens is 1. The topological polar surface area (TPSA) is 132 Å². The van der Waals surface area contributed by atoms with Crippen LogP contribution in [0.15, 0.2) is 53.5 Å². The van der Waals surface area contributed by atoms with E-state index in [0.717, 1.165) is 59.7 Å². The number of benzene rings is 2. The molecule has 2 aromatic carbocycles. The first-order chi connectivity index (χ1) is 22.9. The Bertz CT molecular complexity index is 1620. The molecular formula is C35H47N8O4+. The minimum Gasteiger partial charge on any atom is -0.436 e. The minimum absolute atomic E-state index is 0.0215. The molecule has 3 aromatic rings. The second-order valence-electron chi connectivity index (χ2n) is 13.5. The van der Waals surface area contributed by atoms with Crippen molar-refractivity contribution in [2.45, 2.75) is 76.5 Å². The lowest BCUT2D eigenvalue weighted by Crippen LogP contribution is -2.86. The maximum Gasteiger partial charge on any atom is 0.410 e. The van der Waals surface area contributed by atoms with E-state index in [4.69, 9.17) is 4.74 Å². The standard InChI is InChI=1S/C35H46N8O4/c1-24-20-25(21-29-32(24)38-39-37-29)22-31(33(44)41-16-10-27(11-17-41)40-14-6-3-7-15-40)47-35(46)42-18-12-28(13-19-42)43-23-30(36-34(43)45)26-8-4-2-5-9-26/h2,4-5,8-9,20-21,23,27-28,31,37-39H,3,6-7,10-19,22H2,1H3,(H,36,45)/p+1. The number of ether oxygens (including phenoxy) is 1. The van der Waals surface area contributed by atoms with Gasteiger partial charge in [0.05, 0.1) is 5.69 Å². The third kappa shape index (κ3) is 6.95. The quantitative estimate of drug-likeness (QED) is 0.230. The number of piperidine rings is 3. The molecule has 0 radical (unpaired) electrons. The van der Waals surface area contributed by atoms with Crippen molar-refractivity contribution in [3.63, 3.8) is 0 Å². The fraction of sp³-hybridized carbons (Fsp3) is 0.514. The third-order valence-corrected chi connectivity index (χ3v) is 10.4. The number of anilines is 1. The molecule has 1 aromatic heterocycles. The molecule has 1 atom stereocenters. The van der Waals surface area contributed by atoms with Gasteiger partial charge in [0.2, 0.25) is 0 Å². The molecule has 0 aliphatic carbocycles. The van der Waals surface area contributed by atoms with Gasteiger partial charge in [0, 0.05) is 56.9 Å². The largest absolute Gasteiger partial charge is 0.436 e. The van der Waals surface area contributed by atoms with Crippen LogP contribution in [0.2, 0.25) is 0 Å². The van der Waals surface area contributed by atoms with E-state index < -0.39 is 12.2 Å². The van der Waals surface area contributed by atoms with Gasteiger partial charge in [-0.1, -0.05) is 48.4 Å². The summed E-state index contributed by atoms with van der Waals surface area (Å²) in [7, 11) is 0. The minimum atomic E-state index is -0.910. The van der Waals surface area contributed by atoms with E-state index in [9.17, 15) is 14.4 Å². The summed E-state index contributed by atoms with van der Waals surface area (Å²) < 4.78 is 7.86. The summed E-state index contributed by atoms with van der Waals surface area (Å²) in [4.78, 5) is 49.7. The average Bonchev–Trinajstić information content (AvgIpc) is 3.76. The Balaban J connectivity index is 1.01. The summed E-state index contributed by atoms with van der Waals surface area (Å²) in [6.07, 6.45) is 7.80. The highest BCUT2D eigenvalue weighted by Gasteiger charge is 2.35. The molecule has 1 unspecified atom stereocenters. The van der Waals surface area contributed by atoms with Gasteiger partial charge in [-0.2, -0.15) is 0 Å². The Morgan fingerprint density at radius 3 is 2.36 bits per heavy atom. The first kappa shape index (κ1) is 31.5. The number of carbonyl (C=O) groups excluding carboxylic acids is 2. The maximum absolute atomic E-state index is 14.1. The van der Waals surface area contributed by atoms with Crippen LogP contribution in [0.3, 0.4) is 0 Å². The third-order valence-electron chi connectivity index (χ3n) is 10.4. The molecule has 3 fully saturated rings. The molecule has 0 spiro atoms. The number of hydrogen-bond acceptors (Lipinski definition) is 7. The number of nitrogens with two attached hydrogens (primary N) is 1. The fourth-order valence-corrected chi connectivity index (χ4v) is 7.78. The lowest BCUT2D eigenvalue weighted by Gasteiger charge is -2.41. The van der Waals surface area contributed by atoms with Gasteiger partial charge >= 0.3 is 11.8 Å². The number of nitrogens with zero attached hydrogens (tertiary/aromatic N) is 4. The van der Waals surface area contributed by atoms with Crippen LogP contribution < -0.4 is 22.1 Å². The number of nitrogens with one attached hydrogen (secondary N) is 3. The number of aromatic nitrogens is 2. The Kier molecular flexibility index (Phi) is 9.32. The van der Waals surface area contributed by atoms with Crippen LogP contribution in [0.5, 0.6) is 0 Å². The molecule has 12 heteroatoms. The van der Waals surface area contributed by atoms with Crippen molar-refractivity contribution in [3.05, 3.63) is 70.3 Å². The van der Waals surface area contributed by atoms with Gasteiger partial charge in [-0.05, 0) is 75.2 Å². The molecule has 0 saturated carbocycles. The zero-order valence-electron chi connectivity index (χ0n) is 27.2. The number of fused-ring (bicyclic) bond motifs is 1. The van der Waals surface area contributed by atoms with Gasteiger partial charge in [0.1, 0.15) is 5.69 Å². The highest BCUT2D eigenvalue weighted by molar-refractivity contribution is 5.84. The van der Waals surface area contributed by atoms with Gasteiger partial charge < -0.3 is 24.4 Å². The van der Waals surface area contributed by atoms with E-state index in [1.807, 2.05) is 53.8 Å². The van der Waals surface area contributed by atoms with Gasteiger partial charge in [0.25, 0.3) is 5.91 Å². The highest BCUT2D eigenvalue weighted by Crippen LogP contribution is 2.29. The molecule has 4 aliphatic rings. The van der Waals surface area contributed by atoms with Crippen molar-refractivity contribution >= 4 is 23.4 Å². The molecular weight excluding hydrogens is 596 g/mol. The van der Waals surface area contributed by atoms with E-state index in [1.165, 1.54) is 19.3 Å². The lowest BCUT2D eigenvalue weighted by atomic mass is 9.98. The van der Waals surface area contributed by atoms with Crippen molar-refractivity contribution in [2.75, 3.05) is 44.7 Å². The zero-order valence-corrected chi connectivity index (χ0v) is 27.2. The Morgan fingerprint density at radius 2 is 1.62 bits per heavy atom. The summed E-state index contributed by atoms with van der Waals surface area (Å²) in [6.45, 7) is 6.61. The van der Waals surface area contributed by atoms with Gasteiger partial charge in [0.15, 0.2) is 11.8 Å². The predicted octanol–water partition coefficient (Wildman–Crippen LogP) is 3.05.